The average molecular weight is 334 g/mol. The molecule has 2 fully saturated rings. The zero-order valence-corrected chi connectivity index (χ0v) is 13.8. The van der Waals surface area contributed by atoms with Crippen LogP contribution in [0.1, 0.15) is 44.9 Å². The first kappa shape index (κ1) is 15.7. The van der Waals surface area contributed by atoms with E-state index < -0.39 is 5.60 Å². The average Bonchev–Trinajstić information content (AvgIpc) is 2.39. The van der Waals surface area contributed by atoms with Gasteiger partial charge in [-0.1, -0.05) is 35.2 Å². The van der Waals surface area contributed by atoms with Crippen molar-refractivity contribution in [2.75, 3.05) is 38.7 Å². The van der Waals surface area contributed by atoms with Gasteiger partial charge in [-0.3, -0.25) is 0 Å². The smallest absolute Gasteiger partial charge is 0.0817 e. The summed E-state index contributed by atoms with van der Waals surface area (Å²) in [5.74, 6) is 0. The van der Waals surface area contributed by atoms with E-state index in [9.17, 15) is 5.11 Å². The maximum absolute atomic E-state index is 10.6. The van der Waals surface area contributed by atoms with Crippen molar-refractivity contribution in [3.8, 4) is 0 Å². The van der Waals surface area contributed by atoms with Crippen LogP contribution >= 0.6 is 15.9 Å². The summed E-state index contributed by atoms with van der Waals surface area (Å²) < 4.78 is 5.35. The Balaban J connectivity index is 1.86. The molecule has 3 nitrogen and oxygen atoms in total. The van der Waals surface area contributed by atoms with Crippen LogP contribution in [0.5, 0.6) is 0 Å². The molecule has 1 heterocycles. The highest BCUT2D eigenvalue weighted by molar-refractivity contribution is 9.09. The van der Waals surface area contributed by atoms with Crippen molar-refractivity contribution in [2.24, 2.45) is 5.41 Å². The highest BCUT2D eigenvalue weighted by Crippen LogP contribution is 2.38. The molecule has 1 saturated carbocycles. The number of alkyl halides is 1. The number of rotatable bonds is 5. The van der Waals surface area contributed by atoms with Gasteiger partial charge in [-0.15, -0.1) is 0 Å². The first-order chi connectivity index (χ1) is 9.08. The van der Waals surface area contributed by atoms with E-state index in [0.717, 1.165) is 31.3 Å². The molecule has 2 aliphatic rings. The molecule has 0 aromatic heterocycles. The third-order valence-electron chi connectivity index (χ3n) is 4.79. The summed E-state index contributed by atoms with van der Waals surface area (Å²) in [5, 5.41) is 11.7. The molecule has 0 spiro atoms. The van der Waals surface area contributed by atoms with Crippen molar-refractivity contribution in [1.29, 1.82) is 0 Å². The Morgan fingerprint density at radius 2 is 1.68 bits per heavy atom. The van der Waals surface area contributed by atoms with Gasteiger partial charge < -0.3 is 14.7 Å². The molecule has 0 radical (unpaired) electrons. The van der Waals surface area contributed by atoms with Crippen LogP contribution in [0.15, 0.2) is 0 Å². The molecule has 112 valence electrons. The Morgan fingerprint density at radius 3 is 2.26 bits per heavy atom. The zero-order chi connectivity index (χ0) is 13.8. The molecule has 0 aromatic rings. The summed E-state index contributed by atoms with van der Waals surface area (Å²) in [6.45, 7) is 3.29. The fourth-order valence-corrected chi connectivity index (χ4v) is 4.41. The number of halogens is 1. The van der Waals surface area contributed by atoms with Gasteiger partial charge in [0.1, 0.15) is 0 Å². The predicted molar refractivity (Wildman–Crippen MR) is 81.8 cm³/mol. The lowest BCUT2D eigenvalue weighted by Crippen LogP contribution is -2.49. The molecule has 0 bridgehead atoms. The lowest BCUT2D eigenvalue weighted by molar-refractivity contribution is -0.0806. The molecule has 19 heavy (non-hydrogen) atoms. The Kier molecular flexibility index (Phi) is 5.70. The van der Waals surface area contributed by atoms with E-state index in [1.165, 1.54) is 32.1 Å². The fourth-order valence-electron chi connectivity index (χ4n) is 3.68. The summed E-state index contributed by atoms with van der Waals surface area (Å²) >= 11 is 3.73. The van der Waals surface area contributed by atoms with Crippen LogP contribution in [0, 0.1) is 5.41 Å². The van der Waals surface area contributed by atoms with Crippen LogP contribution in [-0.2, 0) is 4.74 Å². The van der Waals surface area contributed by atoms with Gasteiger partial charge in [-0.25, -0.2) is 0 Å². The topological polar surface area (TPSA) is 32.7 Å². The van der Waals surface area contributed by atoms with Gasteiger partial charge >= 0.3 is 0 Å². The van der Waals surface area contributed by atoms with Crippen molar-refractivity contribution < 1.29 is 9.84 Å². The molecule has 1 N–H and O–H groups in total. The van der Waals surface area contributed by atoms with Gasteiger partial charge in [0.05, 0.1) is 5.60 Å². The summed E-state index contributed by atoms with van der Waals surface area (Å²) in [7, 11) is 2.16. The van der Waals surface area contributed by atoms with Gasteiger partial charge in [0.15, 0.2) is 0 Å². The van der Waals surface area contributed by atoms with Gasteiger partial charge in [0.2, 0.25) is 0 Å². The second-order valence-electron chi connectivity index (χ2n) is 6.70. The first-order valence-electron chi connectivity index (χ1n) is 7.62. The van der Waals surface area contributed by atoms with E-state index in [1.54, 1.807) is 0 Å². The fraction of sp³-hybridized carbons (Fsp3) is 1.00. The summed E-state index contributed by atoms with van der Waals surface area (Å²) in [4.78, 5) is 2.35. The van der Waals surface area contributed by atoms with E-state index in [1.807, 2.05) is 0 Å². The normalized spacial score (nSPS) is 26.5. The lowest BCUT2D eigenvalue weighted by atomic mass is 9.75. The second kappa shape index (κ2) is 6.88. The van der Waals surface area contributed by atoms with Crippen molar-refractivity contribution >= 4 is 15.9 Å². The minimum absolute atomic E-state index is 0.425. The van der Waals surface area contributed by atoms with E-state index in [0.29, 0.717) is 18.6 Å². The van der Waals surface area contributed by atoms with Crippen LogP contribution in [0.3, 0.4) is 0 Å². The number of aliphatic hydroxyl groups is 1. The highest BCUT2D eigenvalue weighted by Gasteiger charge is 2.36. The number of likely N-dealkylation sites (N-methyl/N-ethyl adjacent to an activating group) is 1. The number of hydrogen-bond acceptors (Lipinski definition) is 3. The summed E-state index contributed by atoms with van der Waals surface area (Å²) in [6.07, 6.45) is 8.31. The Morgan fingerprint density at radius 1 is 1.05 bits per heavy atom. The number of hydrogen-bond donors (Lipinski definition) is 1. The van der Waals surface area contributed by atoms with Crippen LogP contribution < -0.4 is 0 Å². The number of nitrogens with zero attached hydrogens (tertiary/aromatic N) is 1. The van der Waals surface area contributed by atoms with E-state index in [-0.39, 0.29) is 0 Å². The minimum atomic E-state index is -0.533. The Hall–Kier alpha value is 0.360. The standard InChI is InChI=1S/C15H28BrNO2/c1-17(13-15(18)7-9-19-10-8-15)12-14(11-16)5-3-2-4-6-14/h18H,2-13H2,1H3. The molecule has 0 aromatic carbocycles. The van der Waals surface area contributed by atoms with E-state index in [2.05, 4.69) is 27.9 Å². The minimum Gasteiger partial charge on any atom is -0.388 e. The molecule has 4 heteroatoms. The van der Waals surface area contributed by atoms with Crippen molar-refractivity contribution in [3.63, 3.8) is 0 Å². The van der Waals surface area contributed by atoms with E-state index in [4.69, 9.17) is 4.74 Å². The van der Waals surface area contributed by atoms with Gasteiger partial charge in [0.25, 0.3) is 0 Å². The first-order valence-corrected chi connectivity index (χ1v) is 8.74. The molecule has 1 aliphatic carbocycles. The van der Waals surface area contributed by atoms with Gasteiger partial charge in [0, 0.05) is 44.5 Å². The summed E-state index contributed by atoms with van der Waals surface area (Å²) in [5.41, 5.74) is -0.107. The Bertz CT molecular complexity index is 273. The second-order valence-corrected chi connectivity index (χ2v) is 7.26. The molecule has 0 amide bonds. The van der Waals surface area contributed by atoms with Gasteiger partial charge in [-0.05, 0) is 25.3 Å². The largest absolute Gasteiger partial charge is 0.388 e. The van der Waals surface area contributed by atoms with Gasteiger partial charge in [-0.2, -0.15) is 0 Å². The maximum Gasteiger partial charge on any atom is 0.0817 e. The molecule has 1 saturated heterocycles. The third-order valence-corrected chi connectivity index (χ3v) is 5.98. The lowest BCUT2D eigenvalue weighted by Gasteiger charge is -2.42. The summed E-state index contributed by atoms with van der Waals surface area (Å²) in [6, 6.07) is 0. The monoisotopic (exact) mass is 333 g/mol. The van der Waals surface area contributed by atoms with Crippen LogP contribution in [0.2, 0.25) is 0 Å². The quantitative estimate of drug-likeness (QED) is 0.785. The molecular weight excluding hydrogens is 306 g/mol. The maximum atomic E-state index is 10.6. The molecule has 0 unspecified atom stereocenters. The number of ether oxygens (including phenoxy) is 1. The molecule has 0 atom stereocenters. The third kappa shape index (κ3) is 4.42. The Labute approximate surface area is 125 Å². The van der Waals surface area contributed by atoms with Crippen molar-refractivity contribution in [3.05, 3.63) is 0 Å². The van der Waals surface area contributed by atoms with E-state index >= 15 is 0 Å². The predicted octanol–water partition coefficient (Wildman–Crippen LogP) is 2.81. The highest BCUT2D eigenvalue weighted by atomic mass is 79.9. The van der Waals surface area contributed by atoms with Crippen LogP contribution in [0.25, 0.3) is 0 Å². The van der Waals surface area contributed by atoms with Crippen molar-refractivity contribution in [2.45, 2.75) is 50.5 Å². The van der Waals surface area contributed by atoms with Crippen LogP contribution in [-0.4, -0.2) is 54.3 Å². The molecule has 1 aliphatic heterocycles. The van der Waals surface area contributed by atoms with Crippen molar-refractivity contribution in [1.82, 2.24) is 4.90 Å². The SMILES string of the molecule is CN(CC1(O)CCOCC1)CC1(CBr)CCCCC1. The molecule has 2 rings (SSSR count). The van der Waals surface area contributed by atoms with Crippen LogP contribution in [0.4, 0.5) is 0 Å². The zero-order valence-electron chi connectivity index (χ0n) is 12.2. The molecular formula is C15H28BrNO2.